The van der Waals surface area contributed by atoms with Gasteiger partial charge in [0.25, 0.3) is 0 Å². The van der Waals surface area contributed by atoms with Crippen molar-refractivity contribution in [2.45, 2.75) is 6.54 Å². The van der Waals surface area contributed by atoms with E-state index in [0.29, 0.717) is 11.6 Å². The van der Waals surface area contributed by atoms with Gasteiger partial charge in [0.15, 0.2) is 0 Å². The second kappa shape index (κ2) is 7.22. The highest BCUT2D eigenvalue weighted by Gasteiger charge is 2.16. The van der Waals surface area contributed by atoms with Crippen molar-refractivity contribution in [3.05, 3.63) is 108 Å². The molecule has 0 fully saturated rings. The predicted octanol–water partition coefficient (Wildman–Crippen LogP) is 7.11. The molecule has 31 heavy (non-hydrogen) atoms. The first kappa shape index (κ1) is 18.1. The molecule has 0 aliphatic rings. The molecule has 0 spiro atoms. The van der Waals surface area contributed by atoms with Gasteiger partial charge in [-0.3, -0.25) is 4.98 Å². The minimum absolute atomic E-state index is 0.691. The molecule has 0 atom stereocenters. The summed E-state index contributed by atoms with van der Waals surface area (Å²) >= 11 is 6.30. The van der Waals surface area contributed by atoms with Crippen LogP contribution in [0.1, 0.15) is 5.56 Å². The molecule has 0 N–H and O–H groups in total. The molecule has 3 nitrogen and oxygen atoms in total. The number of hydrogen-bond acceptors (Lipinski definition) is 2. The standard InChI is InChI=1S/C27H18ClN3/c28-20-12-13-26-25(16-20)30-27(23-10-5-7-18-6-1-2-8-21(18)23)31(26)17-19-14-15-29-24-11-4-3-9-22(19)24/h1-16H,17H2. The van der Waals surface area contributed by atoms with Gasteiger partial charge >= 0.3 is 0 Å². The van der Waals surface area contributed by atoms with Gasteiger partial charge in [0.1, 0.15) is 5.82 Å². The smallest absolute Gasteiger partial charge is 0.142 e. The third-order valence-electron chi connectivity index (χ3n) is 5.81. The molecule has 0 bridgehead atoms. The fourth-order valence-electron chi connectivity index (χ4n) is 4.35. The lowest BCUT2D eigenvalue weighted by molar-refractivity contribution is 0.840. The average molecular weight is 420 g/mol. The molecule has 0 saturated heterocycles. The number of aromatic nitrogens is 3. The SMILES string of the molecule is Clc1ccc2c(c1)nc(-c1cccc3ccccc13)n2Cc1ccnc2ccccc12. The van der Waals surface area contributed by atoms with Crippen LogP contribution >= 0.6 is 11.6 Å². The van der Waals surface area contributed by atoms with Crippen LogP contribution in [0, 0.1) is 0 Å². The molecule has 0 radical (unpaired) electrons. The maximum atomic E-state index is 6.30. The predicted molar refractivity (Wildman–Crippen MR) is 129 cm³/mol. The molecule has 0 aliphatic heterocycles. The lowest BCUT2D eigenvalue weighted by Crippen LogP contribution is -2.03. The number of imidazole rings is 1. The topological polar surface area (TPSA) is 30.7 Å². The first-order valence-electron chi connectivity index (χ1n) is 10.2. The minimum atomic E-state index is 0.691. The fourth-order valence-corrected chi connectivity index (χ4v) is 4.52. The quantitative estimate of drug-likeness (QED) is 0.306. The Kier molecular flexibility index (Phi) is 4.22. The molecule has 6 rings (SSSR count). The molecule has 4 aromatic carbocycles. The minimum Gasteiger partial charge on any atom is -0.319 e. The first-order chi connectivity index (χ1) is 15.3. The maximum absolute atomic E-state index is 6.30. The van der Waals surface area contributed by atoms with Crippen LogP contribution in [0.15, 0.2) is 97.2 Å². The number of hydrogen-bond donors (Lipinski definition) is 0. The van der Waals surface area contributed by atoms with Crippen LogP contribution in [-0.2, 0) is 6.54 Å². The van der Waals surface area contributed by atoms with Crippen LogP contribution < -0.4 is 0 Å². The summed E-state index contributed by atoms with van der Waals surface area (Å²) in [6.07, 6.45) is 1.88. The molecular formula is C27H18ClN3. The number of fused-ring (bicyclic) bond motifs is 3. The normalized spacial score (nSPS) is 11.5. The molecule has 148 valence electrons. The third kappa shape index (κ3) is 3.06. The Bertz CT molecular complexity index is 1570. The van der Waals surface area contributed by atoms with Crippen molar-refractivity contribution in [3.63, 3.8) is 0 Å². The van der Waals surface area contributed by atoms with Crippen molar-refractivity contribution in [3.8, 4) is 11.4 Å². The van der Waals surface area contributed by atoms with Crippen molar-refractivity contribution in [1.29, 1.82) is 0 Å². The fraction of sp³-hybridized carbons (Fsp3) is 0.0370. The van der Waals surface area contributed by atoms with Gasteiger partial charge in [-0.15, -0.1) is 0 Å². The van der Waals surface area contributed by atoms with Gasteiger partial charge in [0, 0.05) is 22.2 Å². The average Bonchev–Trinajstić information content (AvgIpc) is 3.16. The van der Waals surface area contributed by atoms with Crippen molar-refractivity contribution in [2.24, 2.45) is 0 Å². The Hall–Kier alpha value is -3.69. The molecule has 6 aromatic rings. The van der Waals surface area contributed by atoms with E-state index in [0.717, 1.165) is 33.3 Å². The number of nitrogens with zero attached hydrogens (tertiary/aromatic N) is 3. The van der Waals surface area contributed by atoms with Crippen molar-refractivity contribution >= 4 is 44.3 Å². The second-order valence-electron chi connectivity index (χ2n) is 7.67. The van der Waals surface area contributed by atoms with E-state index in [-0.39, 0.29) is 0 Å². The van der Waals surface area contributed by atoms with Crippen LogP contribution in [0.2, 0.25) is 5.02 Å². The van der Waals surface area contributed by atoms with Crippen LogP contribution in [0.3, 0.4) is 0 Å². The van der Waals surface area contributed by atoms with Crippen molar-refractivity contribution in [1.82, 2.24) is 14.5 Å². The largest absolute Gasteiger partial charge is 0.319 e. The summed E-state index contributed by atoms with van der Waals surface area (Å²) in [7, 11) is 0. The molecular weight excluding hydrogens is 402 g/mol. The summed E-state index contributed by atoms with van der Waals surface area (Å²) in [6.45, 7) is 0.694. The van der Waals surface area contributed by atoms with E-state index in [4.69, 9.17) is 16.6 Å². The van der Waals surface area contributed by atoms with Gasteiger partial charge in [-0.25, -0.2) is 4.98 Å². The molecule has 0 aliphatic carbocycles. The maximum Gasteiger partial charge on any atom is 0.142 e. The Morgan fingerprint density at radius 3 is 2.48 bits per heavy atom. The number of halogens is 1. The molecule has 0 amide bonds. The van der Waals surface area contributed by atoms with E-state index in [1.807, 2.05) is 24.4 Å². The highest BCUT2D eigenvalue weighted by atomic mass is 35.5. The molecule has 4 heteroatoms. The summed E-state index contributed by atoms with van der Waals surface area (Å²) in [5, 5.41) is 4.24. The Morgan fingerprint density at radius 1 is 0.742 bits per heavy atom. The monoisotopic (exact) mass is 419 g/mol. The summed E-state index contributed by atoms with van der Waals surface area (Å²) in [6, 6.07) is 31.1. The lowest BCUT2D eigenvalue weighted by Gasteiger charge is -2.13. The summed E-state index contributed by atoms with van der Waals surface area (Å²) in [4.78, 5) is 9.56. The van der Waals surface area contributed by atoms with E-state index in [1.54, 1.807) is 0 Å². The number of para-hydroxylation sites is 1. The van der Waals surface area contributed by atoms with E-state index in [9.17, 15) is 0 Å². The van der Waals surface area contributed by atoms with Crippen LogP contribution in [0.5, 0.6) is 0 Å². The molecule has 0 unspecified atom stereocenters. The van der Waals surface area contributed by atoms with Gasteiger partial charge in [-0.1, -0.05) is 72.3 Å². The zero-order valence-electron chi connectivity index (χ0n) is 16.7. The highest BCUT2D eigenvalue weighted by Crippen LogP contribution is 2.33. The van der Waals surface area contributed by atoms with Gasteiger partial charge < -0.3 is 4.57 Å². The van der Waals surface area contributed by atoms with E-state index < -0.39 is 0 Å². The zero-order valence-corrected chi connectivity index (χ0v) is 17.4. The van der Waals surface area contributed by atoms with E-state index in [1.165, 1.54) is 16.3 Å². The van der Waals surface area contributed by atoms with Crippen molar-refractivity contribution < 1.29 is 0 Å². The number of rotatable bonds is 3. The van der Waals surface area contributed by atoms with E-state index >= 15 is 0 Å². The Morgan fingerprint density at radius 2 is 1.55 bits per heavy atom. The lowest BCUT2D eigenvalue weighted by atomic mass is 10.0. The first-order valence-corrected chi connectivity index (χ1v) is 10.6. The summed E-state index contributed by atoms with van der Waals surface area (Å²) in [5.41, 5.74) is 5.28. The van der Waals surface area contributed by atoms with Crippen LogP contribution in [0.4, 0.5) is 0 Å². The van der Waals surface area contributed by atoms with Crippen LogP contribution in [-0.4, -0.2) is 14.5 Å². The van der Waals surface area contributed by atoms with Crippen LogP contribution in [0.25, 0.3) is 44.1 Å². The second-order valence-corrected chi connectivity index (χ2v) is 8.10. The summed E-state index contributed by atoms with van der Waals surface area (Å²) in [5.74, 6) is 0.940. The highest BCUT2D eigenvalue weighted by molar-refractivity contribution is 6.31. The summed E-state index contributed by atoms with van der Waals surface area (Å²) < 4.78 is 2.29. The molecule has 2 heterocycles. The van der Waals surface area contributed by atoms with Gasteiger partial charge in [-0.05, 0) is 46.7 Å². The van der Waals surface area contributed by atoms with Gasteiger partial charge in [0.2, 0.25) is 0 Å². The molecule has 0 saturated carbocycles. The van der Waals surface area contributed by atoms with Gasteiger partial charge in [-0.2, -0.15) is 0 Å². The van der Waals surface area contributed by atoms with Gasteiger partial charge in [0.05, 0.1) is 23.1 Å². The van der Waals surface area contributed by atoms with Crippen molar-refractivity contribution in [2.75, 3.05) is 0 Å². The number of pyridine rings is 1. The Balaban J connectivity index is 1.63. The number of benzene rings is 4. The zero-order chi connectivity index (χ0) is 20.8. The van der Waals surface area contributed by atoms with E-state index in [2.05, 4.69) is 82.3 Å². The molecule has 2 aromatic heterocycles. The Labute approximate surface area is 184 Å². The third-order valence-corrected chi connectivity index (χ3v) is 6.04.